The number of furan rings is 1. The van der Waals surface area contributed by atoms with Gasteiger partial charge in [-0.2, -0.15) is 0 Å². The van der Waals surface area contributed by atoms with Crippen LogP contribution in [-0.2, 0) is 14.3 Å². The van der Waals surface area contributed by atoms with Crippen molar-refractivity contribution in [2.75, 3.05) is 17.2 Å². The molecule has 0 saturated heterocycles. The van der Waals surface area contributed by atoms with E-state index in [0.717, 1.165) is 21.9 Å². The number of carbonyl (C=O) groups is 3. The standard InChI is InChI=1S/C23H18N2O5/c1-14(26)24-16-6-4-5-15(11-16)23(28)29-13-22(27)25-17-9-10-21-19(12-17)18-7-2-3-8-20(18)30-21/h2-12H,13H2,1H3,(H,24,26)(H,25,27). The summed E-state index contributed by atoms with van der Waals surface area (Å²) in [5.41, 5.74) is 2.77. The van der Waals surface area contributed by atoms with E-state index in [-0.39, 0.29) is 11.5 Å². The van der Waals surface area contributed by atoms with Crippen molar-refractivity contribution in [2.45, 2.75) is 6.92 Å². The number of para-hydroxylation sites is 1. The van der Waals surface area contributed by atoms with Crippen LogP contribution in [0.15, 0.2) is 71.1 Å². The van der Waals surface area contributed by atoms with Crippen LogP contribution in [0.3, 0.4) is 0 Å². The first-order valence-electron chi connectivity index (χ1n) is 9.25. The highest BCUT2D eigenvalue weighted by molar-refractivity contribution is 6.07. The highest BCUT2D eigenvalue weighted by Gasteiger charge is 2.13. The summed E-state index contributed by atoms with van der Waals surface area (Å²) in [6, 6.07) is 19.3. The Morgan fingerprint density at radius 2 is 1.60 bits per heavy atom. The Morgan fingerprint density at radius 3 is 2.43 bits per heavy atom. The second-order valence-electron chi connectivity index (χ2n) is 6.70. The Bertz CT molecular complexity index is 1280. The number of nitrogens with one attached hydrogen (secondary N) is 2. The molecule has 4 rings (SSSR count). The molecule has 0 bridgehead atoms. The Morgan fingerprint density at radius 1 is 0.833 bits per heavy atom. The largest absolute Gasteiger partial charge is 0.456 e. The van der Waals surface area contributed by atoms with Gasteiger partial charge in [-0.1, -0.05) is 24.3 Å². The van der Waals surface area contributed by atoms with Gasteiger partial charge in [-0.05, 0) is 42.5 Å². The average molecular weight is 402 g/mol. The third-order valence-corrected chi connectivity index (χ3v) is 4.41. The molecule has 7 heteroatoms. The Balaban J connectivity index is 1.40. The van der Waals surface area contributed by atoms with Gasteiger partial charge in [-0.3, -0.25) is 9.59 Å². The topological polar surface area (TPSA) is 97.6 Å². The van der Waals surface area contributed by atoms with Gasteiger partial charge in [0.2, 0.25) is 5.91 Å². The summed E-state index contributed by atoms with van der Waals surface area (Å²) < 4.78 is 10.8. The van der Waals surface area contributed by atoms with Crippen LogP contribution in [0.25, 0.3) is 21.9 Å². The molecule has 0 atom stereocenters. The molecule has 3 aromatic carbocycles. The third-order valence-electron chi connectivity index (χ3n) is 4.41. The molecular weight excluding hydrogens is 384 g/mol. The molecule has 0 aliphatic heterocycles. The van der Waals surface area contributed by atoms with Crippen molar-refractivity contribution >= 4 is 51.1 Å². The molecule has 4 aromatic rings. The zero-order chi connectivity index (χ0) is 21.1. The lowest BCUT2D eigenvalue weighted by Gasteiger charge is -2.08. The van der Waals surface area contributed by atoms with Crippen LogP contribution >= 0.6 is 0 Å². The fourth-order valence-electron chi connectivity index (χ4n) is 3.14. The summed E-state index contributed by atoms with van der Waals surface area (Å²) in [4.78, 5) is 35.6. The number of hydrogen-bond acceptors (Lipinski definition) is 5. The number of hydrogen-bond donors (Lipinski definition) is 2. The molecule has 0 aliphatic rings. The maximum absolute atomic E-state index is 12.2. The summed E-state index contributed by atoms with van der Waals surface area (Å²) in [6.07, 6.45) is 0. The summed E-state index contributed by atoms with van der Waals surface area (Å²) in [6.45, 7) is 0.937. The van der Waals surface area contributed by atoms with Crippen LogP contribution < -0.4 is 10.6 Å². The number of rotatable bonds is 5. The van der Waals surface area contributed by atoms with E-state index in [1.165, 1.54) is 13.0 Å². The van der Waals surface area contributed by atoms with Crippen molar-refractivity contribution in [1.29, 1.82) is 0 Å². The van der Waals surface area contributed by atoms with Crippen LogP contribution in [0.5, 0.6) is 0 Å². The van der Waals surface area contributed by atoms with Gasteiger partial charge in [0.25, 0.3) is 5.91 Å². The summed E-state index contributed by atoms with van der Waals surface area (Å²) in [5, 5.41) is 7.14. The highest BCUT2D eigenvalue weighted by atomic mass is 16.5. The lowest BCUT2D eigenvalue weighted by atomic mass is 10.1. The number of esters is 1. The molecule has 1 heterocycles. The smallest absolute Gasteiger partial charge is 0.338 e. The quantitative estimate of drug-likeness (QED) is 0.484. The predicted octanol–water partition coefficient (Wildman–Crippen LogP) is 4.34. The molecular formula is C23H18N2O5. The van der Waals surface area contributed by atoms with E-state index in [1.54, 1.807) is 30.3 Å². The molecule has 30 heavy (non-hydrogen) atoms. The number of fused-ring (bicyclic) bond motifs is 3. The fraction of sp³-hybridized carbons (Fsp3) is 0.0870. The van der Waals surface area contributed by atoms with Gasteiger partial charge in [-0.25, -0.2) is 4.79 Å². The normalized spacial score (nSPS) is 10.7. The molecule has 0 spiro atoms. The molecule has 2 amide bonds. The molecule has 0 radical (unpaired) electrons. The Hall–Kier alpha value is -4.13. The van der Waals surface area contributed by atoms with Crippen molar-refractivity contribution in [3.63, 3.8) is 0 Å². The molecule has 1 aromatic heterocycles. The molecule has 0 unspecified atom stereocenters. The SMILES string of the molecule is CC(=O)Nc1cccc(C(=O)OCC(=O)Nc2ccc3oc4ccccc4c3c2)c1. The van der Waals surface area contributed by atoms with Crippen molar-refractivity contribution in [1.82, 2.24) is 0 Å². The highest BCUT2D eigenvalue weighted by Crippen LogP contribution is 2.30. The van der Waals surface area contributed by atoms with E-state index in [0.29, 0.717) is 11.4 Å². The maximum atomic E-state index is 12.2. The fourth-order valence-corrected chi connectivity index (χ4v) is 3.14. The molecule has 7 nitrogen and oxygen atoms in total. The minimum Gasteiger partial charge on any atom is -0.456 e. The first kappa shape index (κ1) is 19.2. The van der Waals surface area contributed by atoms with Gasteiger partial charge >= 0.3 is 5.97 Å². The predicted molar refractivity (Wildman–Crippen MR) is 113 cm³/mol. The molecule has 0 fully saturated rings. The van der Waals surface area contributed by atoms with Crippen molar-refractivity contribution in [3.8, 4) is 0 Å². The van der Waals surface area contributed by atoms with Crippen LogP contribution in [-0.4, -0.2) is 24.4 Å². The first-order chi connectivity index (χ1) is 14.5. The van der Waals surface area contributed by atoms with E-state index in [4.69, 9.17) is 9.15 Å². The van der Waals surface area contributed by atoms with Gasteiger partial charge in [-0.15, -0.1) is 0 Å². The zero-order valence-corrected chi connectivity index (χ0v) is 16.1. The van der Waals surface area contributed by atoms with E-state index >= 15 is 0 Å². The van der Waals surface area contributed by atoms with E-state index in [1.807, 2.05) is 30.3 Å². The number of ether oxygens (including phenoxy) is 1. The van der Waals surface area contributed by atoms with Gasteiger partial charge < -0.3 is 19.8 Å². The second-order valence-corrected chi connectivity index (χ2v) is 6.70. The minimum absolute atomic E-state index is 0.236. The van der Waals surface area contributed by atoms with E-state index in [2.05, 4.69) is 10.6 Å². The van der Waals surface area contributed by atoms with Gasteiger partial charge in [0.1, 0.15) is 11.2 Å². The van der Waals surface area contributed by atoms with Gasteiger partial charge in [0.05, 0.1) is 5.56 Å². The van der Waals surface area contributed by atoms with Crippen LogP contribution in [0.1, 0.15) is 17.3 Å². The average Bonchev–Trinajstić information content (AvgIpc) is 3.10. The van der Waals surface area contributed by atoms with E-state index < -0.39 is 18.5 Å². The van der Waals surface area contributed by atoms with Crippen LogP contribution in [0, 0.1) is 0 Å². The first-order valence-corrected chi connectivity index (χ1v) is 9.25. The Kier molecular flexibility index (Phi) is 5.17. The van der Waals surface area contributed by atoms with Crippen molar-refractivity contribution < 1.29 is 23.5 Å². The van der Waals surface area contributed by atoms with E-state index in [9.17, 15) is 14.4 Å². The maximum Gasteiger partial charge on any atom is 0.338 e. The molecule has 0 saturated carbocycles. The monoisotopic (exact) mass is 402 g/mol. The van der Waals surface area contributed by atoms with Gasteiger partial charge in [0.15, 0.2) is 6.61 Å². The molecule has 0 aliphatic carbocycles. The van der Waals surface area contributed by atoms with Crippen molar-refractivity contribution in [2.24, 2.45) is 0 Å². The van der Waals surface area contributed by atoms with Crippen LogP contribution in [0.2, 0.25) is 0 Å². The minimum atomic E-state index is -0.659. The third kappa shape index (κ3) is 4.15. The zero-order valence-electron chi connectivity index (χ0n) is 16.1. The molecule has 150 valence electrons. The molecule has 2 N–H and O–H groups in total. The summed E-state index contributed by atoms with van der Waals surface area (Å²) in [7, 11) is 0. The number of anilines is 2. The lowest BCUT2D eigenvalue weighted by molar-refractivity contribution is -0.119. The summed E-state index contributed by atoms with van der Waals surface area (Å²) in [5.74, 6) is -1.37. The lowest BCUT2D eigenvalue weighted by Crippen LogP contribution is -2.21. The summed E-state index contributed by atoms with van der Waals surface area (Å²) >= 11 is 0. The second kappa shape index (κ2) is 8.08. The van der Waals surface area contributed by atoms with Crippen molar-refractivity contribution in [3.05, 3.63) is 72.3 Å². The van der Waals surface area contributed by atoms with Gasteiger partial charge in [0, 0.05) is 29.1 Å². The van der Waals surface area contributed by atoms with Crippen LogP contribution in [0.4, 0.5) is 11.4 Å². The number of benzene rings is 3. The Labute approximate surface area is 171 Å². The number of carbonyl (C=O) groups excluding carboxylic acids is 3. The number of amides is 2.